The summed E-state index contributed by atoms with van der Waals surface area (Å²) in [5.74, 6) is -0.654. The number of carbonyl (C=O) groups excluding carboxylic acids is 1. The second-order valence-corrected chi connectivity index (χ2v) is 4.88. The highest BCUT2D eigenvalue weighted by Crippen LogP contribution is 2.24. The van der Waals surface area contributed by atoms with Crippen LogP contribution in [0.2, 0.25) is 5.02 Å². The summed E-state index contributed by atoms with van der Waals surface area (Å²) in [4.78, 5) is 32.1. The fourth-order valence-electron chi connectivity index (χ4n) is 1.74. The highest BCUT2D eigenvalue weighted by atomic mass is 35.5. The standard InChI is InChI=1S/C14H9ClN4O5/c15-12-5-4-9(6-13(12)19(23)24)8-16-17-14(20)10-2-1-3-11(7-10)18(21)22/h1-8H,(H,17,20)/b16-8+. The molecule has 2 aromatic carbocycles. The average molecular weight is 349 g/mol. The van der Waals surface area contributed by atoms with Gasteiger partial charge in [0.15, 0.2) is 0 Å². The minimum Gasteiger partial charge on any atom is -0.267 e. The Bertz CT molecular complexity index is 853. The molecule has 2 aromatic rings. The molecule has 0 radical (unpaired) electrons. The molecule has 1 N–H and O–H groups in total. The van der Waals surface area contributed by atoms with Crippen molar-refractivity contribution in [1.82, 2.24) is 5.43 Å². The summed E-state index contributed by atoms with van der Waals surface area (Å²) in [5, 5.41) is 25.1. The third-order valence-electron chi connectivity index (χ3n) is 2.87. The summed E-state index contributed by atoms with van der Waals surface area (Å²) in [6.07, 6.45) is 1.19. The normalized spacial score (nSPS) is 10.5. The fraction of sp³-hybridized carbons (Fsp3) is 0. The number of nitro groups is 2. The predicted molar refractivity (Wildman–Crippen MR) is 86.3 cm³/mol. The quantitative estimate of drug-likeness (QED) is 0.504. The van der Waals surface area contributed by atoms with Crippen LogP contribution in [0.1, 0.15) is 15.9 Å². The van der Waals surface area contributed by atoms with Crippen molar-refractivity contribution in [3.63, 3.8) is 0 Å². The molecule has 122 valence electrons. The zero-order valence-corrected chi connectivity index (χ0v) is 12.6. The molecule has 0 aromatic heterocycles. The first-order chi connectivity index (χ1) is 11.4. The van der Waals surface area contributed by atoms with Gasteiger partial charge in [-0.2, -0.15) is 5.10 Å². The van der Waals surface area contributed by atoms with Crippen molar-refractivity contribution in [1.29, 1.82) is 0 Å². The number of amides is 1. The smallest absolute Gasteiger partial charge is 0.267 e. The largest absolute Gasteiger partial charge is 0.288 e. The van der Waals surface area contributed by atoms with Gasteiger partial charge in [0.05, 0.1) is 16.1 Å². The molecule has 0 aliphatic rings. The molecule has 1 amide bonds. The van der Waals surface area contributed by atoms with Gasteiger partial charge in [-0.15, -0.1) is 0 Å². The summed E-state index contributed by atoms with van der Waals surface area (Å²) < 4.78 is 0. The van der Waals surface area contributed by atoms with E-state index in [2.05, 4.69) is 10.5 Å². The van der Waals surface area contributed by atoms with E-state index in [0.29, 0.717) is 5.56 Å². The van der Waals surface area contributed by atoms with Crippen molar-refractivity contribution in [3.05, 3.63) is 78.8 Å². The van der Waals surface area contributed by atoms with Crippen LogP contribution in [0.25, 0.3) is 0 Å². The lowest BCUT2D eigenvalue weighted by molar-refractivity contribution is -0.385. The number of non-ortho nitro benzene ring substituents is 1. The number of benzene rings is 2. The van der Waals surface area contributed by atoms with Gasteiger partial charge < -0.3 is 0 Å². The molecule has 2 rings (SSSR count). The van der Waals surface area contributed by atoms with Crippen LogP contribution >= 0.6 is 11.6 Å². The number of hydrogen-bond donors (Lipinski definition) is 1. The van der Waals surface area contributed by atoms with Gasteiger partial charge in [-0.05, 0) is 12.1 Å². The van der Waals surface area contributed by atoms with Crippen LogP contribution in [-0.2, 0) is 0 Å². The molecule has 0 heterocycles. The summed E-state index contributed by atoms with van der Waals surface area (Å²) in [6, 6.07) is 9.16. The minimum atomic E-state index is -0.654. The lowest BCUT2D eigenvalue weighted by Crippen LogP contribution is -2.17. The average Bonchev–Trinajstić information content (AvgIpc) is 2.56. The fourth-order valence-corrected chi connectivity index (χ4v) is 1.93. The van der Waals surface area contributed by atoms with E-state index in [1.54, 1.807) is 0 Å². The Balaban J connectivity index is 2.10. The van der Waals surface area contributed by atoms with Crippen LogP contribution in [-0.4, -0.2) is 22.0 Å². The molecule has 0 aliphatic heterocycles. The van der Waals surface area contributed by atoms with Gasteiger partial charge in [0, 0.05) is 29.3 Å². The third kappa shape index (κ3) is 4.11. The van der Waals surface area contributed by atoms with Gasteiger partial charge in [-0.1, -0.05) is 23.7 Å². The number of hydrazone groups is 1. The van der Waals surface area contributed by atoms with Crippen molar-refractivity contribution in [3.8, 4) is 0 Å². The molecule has 24 heavy (non-hydrogen) atoms. The van der Waals surface area contributed by atoms with Crippen LogP contribution in [0, 0.1) is 20.2 Å². The van der Waals surface area contributed by atoms with E-state index in [1.807, 2.05) is 0 Å². The number of nitrogens with one attached hydrogen (secondary N) is 1. The van der Waals surface area contributed by atoms with Gasteiger partial charge in [-0.3, -0.25) is 25.0 Å². The lowest BCUT2D eigenvalue weighted by Gasteiger charge is -2.00. The van der Waals surface area contributed by atoms with Gasteiger partial charge in [0.2, 0.25) is 0 Å². The maximum atomic E-state index is 11.9. The number of nitrogens with zero attached hydrogens (tertiary/aromatic N) is 3. The Kier molecular flexibility index (Phi) is 5.17. The maximum Gasteiger partial charge on any atom is 0.288 e. The van der Waals surface area contributed by atoms with Crippen LogP contribution in [0.3, 0.4) is 0 Å². The molecule has 0 fully saturated rings. The van der Waals surface area contributed by atoms with Crippen molar-refractivity contribution in [2.24, 2.45) is 5.10 Å². The second kappa shape index (κ2) is 7.29. The lowest BCUT2D eigenvalue weighted by atomic mass is 10.2. The highest BCUT2D eigenvalue weighted by Gasteiger charge is 2.12. The first-order valence-electron chi connectivity index (χ1n) is 6.40. The summed E-state index contributed by atoms with van der Waals surface area (Å²) in [6.45, 7) is 0. The van der Waals surface area contributed by atoms with E-state index in [9.17, 15) is 25.0 Å². The highest BCUT2D eigenvalue weighted by molar-refractivity contribution is 6.32. The Hall–Kier alpha value is -3.33. The Labute approximate surface area is 139 Å². The second-order valence-electron chi connectivity index (χ2n) is 4.47. The Morgan fingerprint density at radius 2 is 1.88 bits per heavy atom. The van der Waals surface area contributed by atoms with E-state index >= 15 is 0 Å². The molecular formula is C14H9ClN4O5. The van der Waals surface area contributed by atoms with E-state index in [4.69, 9.17) is 11.6 Å². The predicted octanol–water partition coefficient (Wildman–Crippen LogP) is 2.92. The zero-order chi connectivity index (χ0) is 17.7. The number of carbonyl (C=O) groups is 1. The van der Waals surface area contributed by atoms with Gasteiger partial charge in [-0.25, -0.2) is 5.43 Å². The number of nitro benzene ring substituents is 2. The first-order valence-corrected chi connectivity index (χ1v) is 6.78. The van der Waals surface area contributed by atoms with Crippen LogP contribution < -0.4 is 5.43 Å². The van der Waals surface area contributed by atoms with E-state index in [1.165, 1.54) is 42.6 Å². The van der Waals surface area contributed by atoms with Crippen LogP contribution in [0.5, 0.6) is 0 Å². The SMILES string of the molecule is O=C(N/N=C/c1ccc(Cl)c([N+](=O)[O-])c1)c1cccc([N+](=O)[O-])c1. The monoisotopic (exact) mass is 348 g/mol. The van der Waals surface area contributed by atoms with E-state index in [-0.39, 0.29) is 22.0 Å². The molecule has 10 heteroatoms. The molecule has 0 bridgehead atoms. The Morgan fingerprint density at radius 3 is 2.54 bits per heavy atom. The van der Waals surface area contributed by atoms with Gasteiger partial charge in [0.25, 0.3) is 17.3 Å². The van der Waals surface area contributed by atoms with Crippen molar-refractivity contribution >= 4 is 35.1 Å². The minimum absolute atomic E-state index is 0.0159. The van der Waals surface area contributed by atoms with Crippen molar-refractivity contribution in [2.75, 3.05) is 0 Å². The van der Waals surface area contributed by atoms with Crippen LogP contribution in [0.15, 0.2) is 47.6 Å². The van der Waals surface area contributed by atoms with Gasteiger partial charge in [0.1, 0.15) is 5.02 Å². The summed E-state index contributed by atoms with van der Waals surface area (Å²) in [7, 11) is 0. The van der Waals surface area contributed by atoms with E-state index < -0.39 is 15.8 Å². The summed E-state index contributed by atoms with van der Waals surface area (Å²) in [5.41, 5.74) is 2.08. The van der Waals surface area contributed by atoms with Crippen molar-refractivity contribution in [2.45, 2.75) is 0 Å². The zero-order valence-electron chi connectivity index (χ0n) is 11.9. The molecular weight excluding hydrogens is 340 g/mol. The molecule has 0 saturated heterocycles. The number of halogens is 1. The van der Waals surface area contributed by atoms with Crippen molar-refractivity contribution < 1.29 is 14.6 Å². The molecule has 0 saturated carbocycles. The van der Waals surface area contributed by atoms with E-state index in [0.717, 1.165) is 6.07 Å². The topological polar surface area (TPSA) is 128 Å². The third-order valence-corrected chi connectivity index (χ3v) is 3.19. The first kappa shape index (κ1) is 17.0. The Morgan fingerprint density at radius 1 is 1.12 bits per heavy atom. The molecule has 9 nitrogen and oxygen atoms in total. The summed E-state index contributed by atoms with van der Waals surface area (Å²) >= 11 is 5.69. The molecule has 0 unspecified atom stereocenters. The molecule has 0 atom stereocenters. The molecule has 0 spiro atoms. The van der Waals surface area contributed by atoms with Crippen LogP contribution in [0.4, 0.5) is 11.4 Å². The number of rotatable bonds is 5. The molecule has 0 aliphatic carbocycles. The maximum absolute atomic E-state index is 11.9. The number of hydrogen-bond acceptors (Lipinski definition) is 6. The van der Waals surface area contributed by atoms with Gasteiger partial charge >= 0.3 is 0 Å².